The van der Waals surface area contributed by atoms with Gasteiger partial charge in [-0.2, -0.15) is 12.6 Å². The molecule has 1 aromatic carbocycles. The van der Waals surface area contributed by atoms with E-state index in [0.29, 0.717) is 0 Å². The van der Waals surface area contributed by atoms with Crippen molar-refractivity contribution in [3.05, 3.63) is 35.4 Å². The van der Waals surface area contributed by atoms with Gasteiger partial charge in [0.05, 0.1) is 6.10 Å². The Morgan fingerprint density at radius 1 is 1.25 bits per heavy atom. The molecule has 0 aliphatic carbocycles. The molecule has 0 aliphatic heterocycles. The zero-order chi connectivity index (χ0) is 12.3. The Hall–Kier alpha value is -0.470. The fraction of sp³-hybridized carbons (Fsp3) is 0.571. The number of rotatable bonds is 4. The predicted octanol–water partition coefficient (Wildman–Crippen LogP) is 3.56. The summed E-state index contributed by atoms with van der Waals surface area (Å²) >= 11 is 4.46. The van der Waals surface area contributed by atoms with Crippen molar-refractivity contribution < 1.29 is 5.11 Å². The lowest BCUT2D eigenvalue weighted by molar-refractivity contribution is 0.111. The topological polar surface area (TPSA) is 20.2 Å². The second-order valence-corrected chi connectivity index (χ2v) is 6.18. The van der Waals surface area contributed by atoms with Crippen LogP contribution in [0.3, 0.4) is 0 Å². The highest BCUT2D eigenvalue weighted by Crippen LogP contribution is 2.32. The molecule has 0 radical (unpaired) electrons. The van der Waals surface area contributed by atoms with Crippen LogP contribution in [-0.4, -0.2) is 16.0 Å². The first-order chi connectivity index (χ1) is 7.36. The van der Waals surface area contributed by atoms with Crippen LogP contribution in [0.25, 0.3) is 0 Å². The van der Waals surface area contributed by atoms with E-state index in [0.717, 1.165) is 6.42 Å². The van der Waals surface area contributed by atoms with Crippen molar-refractivity contribution in [1.82, 2.24) is 0 Å². The number of aliphatic hydroxyl groups excluding tert-OH is 1. The zero-order valence-electron chi connectivity index (χ0n) is 10.6. The molecule has 0 aliphatic rings. The van der Waals surface area contributed by atoms with Crippen molar-refractivity contribution in [3.8, 4) is 0 Å². The molecule has 1 nitrogen and oxygen atoms in total. The van der Waals surface area contributed by atoms with E-state index < -0.39 is 6.10 Å². The minimum atomic E-state index is -0.427. The zero-order valence-corrected chi connectivity index (χ0v) is 11.5. The van der Waals surface area contributed by atoms with Gasteiger partial charge in [-0.15, -0.1) is 0 Å². The fourth-order valence-corrected chi connectivity index (χ4v) is 2.13. The Morgan fingerprint density at radius 2 is 1.75 bits per heavy atom. The van der Waals surface area contributed by atoms with Crippen LogP contribution in [0.4, 0.5) is 0 Å². The average Bonchev–Trinajstić information content (AvgIpc) is 2.20. The van der Waals surface area contributed by atoms with Crippen LogP contribution < -0.4 is 0 Å². The molecule has 0 heterocycles. The summed E-state index contributed by atoms with van der Waals surface area (Å²) in [6.07, 6.45) is 0.498. The van der Waals surface area contributed by atoms with Gasteiger partial charge < -0.3 is 5.11 Å². The highest BCUT2D eigenvalue weighted by Gasteiger charge is 2.31. The van der Waals surface area contributed by atoms with E-state index in [9.17, 15) is 5.11 Å². The smallest absolute Gasteiger partial charge is 0.0747 e. The first-order valence-corrected chi connectivity index (χ1v) is 6.28. The van der Waals surface area contributed by atoms with Gasteiger partial charge in [-0.3, -0.25) is 0 Å². The van der Waals surface area contributed by atoms with Gasteiger partial charge in [0, 0.05) is 10.7 Å². The van der Waals surface area contributed by atoms with Crippen molar-refractivity contribution in [1.29, 1.82) is 0 Å². The highest BCUT2D eigenvalue weighted by molar-refractivity contribution is 7.81. The van der Waals surface area contributed by atoms with E-state index >= 15 is 0 Å². The predicted molar refractivity (Wildman–Crippen MR) is 73.3 cm³/mol. The first-order valence-electron chi connectivity index (χ1n) is 5.83. The van der Waals surface area contributed by atoms with Gasteiger partial charge in [0.25, 0.3) is 0 Å². The van der Waals surface area contributed by atoms with Gasteiger partial charge in [0.2, 0.25) is 0 Å². The van der Waals surface area contributed by atoms with E-state index in [1.165, 1.54) is 11.1 Å². The van der Waals surface area contributed by atoms with Crippen molar-refractivity contribution >= 4 is 12.6 Å². The third-order valence-electron chi connectivity index (χ3n) is 3.05. The maximum Gasteiger partial charge on any atom is 0.0747 e. The SMILES string of the molecule is CC[C@H](c1ccc(C)cc1)[C@H](O)C(C)(C)S. The Morgan fingerprint density at radius 3 is 2.12 bits per heavy atom. The maximum atomic E-state index is 10.3. The number of aliphatic hydroxyl groups is 1. The minimum absolute atomic E-state index is 0.160. The Balaban J connectivity index is 2.94. The molecule has 90 valence electrons. The summed E-state index contributed by atoms with van der Waals surface area (Å²) in [5.41, 5.74) is 2.45. The number of benzene rings is 1. The summed E-state index contributed by atoms with van der Waals surface area (Å²) in [6.45, 7) is 8.09. The van der Waals surface area contributed by atoms with Gasteiger partial charge in [0.15, 0.2) is 0 Å². The standard InChI is InChI=1S/C14H22OS/c1-5-12(13(15)14(3,4)16)11-8-6-10(2)7-9-11/h6-9,12-13,15-16H,5H2,1-4H3/t12-,13+/m1/s1. The maximum absolute atomic E-state index is 10.3. The fourth-order valence-electron chi connectivity index (χ4n) is 1.95. The lowest BCUT2D eigenvalue weighted by Crippen LogP contribution is -2.35. The van der Waals surface area contributed by atoms with Gasteiger partial charge in [-0.1, -0.05) is 36.8 Å². The third-order valence-corrected chi connectivity index (χ3v) is 3.31. The summed E-state index contributed by atoms with van der Waals surface area (Å²) in [4.78, 5) is 0. The van der Waals surface area contributed by atoms with Crippen molar-refractivity contribution in [2.24, 2.45) is 0 Å². The van der Waals surface area contributed by atoms with Crippen LogP contribution in [-0.2, 0) is 0 Å². The average molecular weight is 238 g/mol. The molecule has 2 heteroatoms. The van der Waals surface area contributed by atoms with E-state index in [-0.39, 0.29) is 10.7 Å². The summed E-state index contributed by atoms with van der Waals surface area (Å²) in [7, 11) is 0. The number of thiol groups is 1. The molecule has 1 N–H and O–H groups in total. The lowest BCUT2D eigenvalue weighted by atomic mass is 9.85. The van der Waals surface area contributed by atoms with Gasteiger partial charge >= 0.3 is 0 Å². The van der Waals surface area contributed by atoms with Crippen LogP contribution in [0.1, 0.15) is 44.2 Å². The van der Waals surface area contributed by atoms with Crippen molar-refractivity contribution in [2.45, 2.75) is 50.9 Å². The van der Waals surface area contributed by atoms with Crippen molar-refractivity contribution in [2.75, 3.05) is 0 Å². The molecular weight excluding hydrogens is 216 g/mol. The first kappa shape index (κ1) is 13.6. The molecule has 0 saturated heterocycles. The van der Waals surface area contributed by atoms with Crippen molar-refractivity contribution in [3.63, 3.8) is 0 Å². The number of aryl methyl sites for hydroxylation is 1. The van der Waals surface area contributed by atoms with E-state index in [2.05, 4.69) is 50.7 Å². The van der Waals surface area contributed by atoms with Crippen LogP contribution >= 0.6 is 12.6 Å². The molecule has 0 unspecified atom stereocenters. The Kier molecular flexibility index (Phi) is 4.45. The summed E-state index contributed by atoms with van der Waals surface area (Å²) in [6, 6.07) is 8.39. The highest BCUT2D eigenvalue weighted by atomic mass is 32.1. The van der Waals surface area contributed by atoms with Gasteiger partial charge in [-0.25, -0.2) is 0 Å². The summed E-state index contributed by atoms with van der Waals surface area (Å²) in [5, 5.41) is 10.3. The second kappa shape index (κ2) is 5.24. The molecule has 2 atom stereocenters. The molecule has 0 bridgehead atoms. The second-order valence-electron chi connectivity index (χ2n) is 5.02. The molecule has 0 amide bonds. The summed E-state index contributed by atoms with van der Waals surface area (Å²) in [5.74, 6) is 0.160. The van der Waals surface area contributed by atoms with Crippen LogP contribution in [0.2, 0.25) is 0 Å². The molecule has 0 fully saturated rings. The van der Waals surface area contributed by atoms with E-state index in [1.54, 1.807) is 0 Å². The normalized spacial score (nSPS) is 15.9. The molecule has 16 heavy (non-hydrogen) atoms. The Bertz CT molecular complexity index is 324. The molecule has 0 saturated carbocycles. The quantitative estimate of drug-likeness (QED) is 0.769. The Labute approximate surface area is 104 Å². The van der Waals surface area contributed by atoms with Gasteiger partial charge in [-0.05, 0) is 32.8 Å². The van der Waals surface area contributed by atoms with E-state index in [1.807, 2.05) is 13.8 Å². The van der Waals surface area contributed by atoms with Crippen LogP contribution in [0, 0.1) is 6.92 Å². The lowest BCUT2D eigenvalue weighted by Gasteiger charge is -2.32. The number of hydrogen-bond acceptors (Lipinski definition) is 2. The summed E-state index contributed by atoms with van der Waals surface area (Å²) < 4.78 is -0.369. The molecule has 0 spiro atoms. The van der Waals surface area contributed by atoms with Gasteiger partial charge in [0.1, 0.15) is 0 Å². The minimum Gasteiger partial charge on any atom is -0.391 e. The number of hydrogen-bond donors (Lipinski definition) is 2. The third kappa shape index (κ3) is 3.26. The molecule has 0 aromatic heterocycles. The molecule has 1 aromatic rings. The molecule has 1 rings (SSSR count). The molecular formula is C14H22OS. The van der Waals surface area contributed by atoms with Crippen LogP contribution in [0.15, 0.2) is 24.3 Å². The van der Waals surface area contributed by atoms with Crippen LogP contribution in [0.5, 0.6) is 0 Å². The largest absolute Gasteiger partial charge is 0.391 e. The monoisotopic (exact) mass is 238 g/mol. The van der Waals surface area contributed by atoms with E-state index in [4.69, 9.17) is 0 Å².